The largest absolute Gasteiger partial charge is 0.380 e. The number of nitrogens with two attached hydrogens (primary N) is 1. The quantitative estimate of drug-likeness (QED) is 0.900. The van der Waals surface area contributed by atoms with Gasteiger partial charge in [0.1, 0.15) is 0 Å². The molecular weight excluding hydrogens is 340 g/mol. The van der Waals surface area contributed by atoms with E-state index in [4.69, 9.17) is 21.9 Å². The first-order valence-corrected chi connectivity index (χ1v) is 8.94. The van der Waals surface area contributed by atoms with Crippen molar-refractivity contribution in [2.75, 3.05) is 36.8 Å². The van der Waals surface area contributed by atoms with Crippen molar-refractivity contribution in [2.45, 2.75) is 11.8 Å². The molecule has 0 bridgehead atoms. The molecule has 3 rings (SSSR count). The average Bonchev–Trinajstić information content (AvgIpc) is 2.87. The number of anilines is 2. The van der Waals surface area contributed by atoms with Gasteiger partial charge in [-0.2, -0.15) is 4.31 Å². The summed E-state index contributed by atoms with van der Waals surface area (Å²) in [4.78, 5) is 2.07. The van der Waals surface area contributed by atoms with E-state index in [1.165, 1.54) is 4.31 Å². The fraction of sp³-hybridized carbons (Fsp3) is 0.357. The molecule has 1 aliphatic rings. The molecule has 7 nitrogen and oxygen atoms in total. The van der Waals surface area contributed by atoms with Crippen molar-refractivity contribution in [3.8, 4) is 0 Å². The smallest absolute Gasteiger partial charge is 0.250 e. The summed E-state index contributed by atoms with van der Waals surface area (Å²) in [5, 5.41) is 4.18. The molecule has 2 aromatic rings. The summed E-state index contributed by atoms with van der Waals surface area (Å²) >= 11 is 6.00. The molecule has 0 atom stereocenters. The number of halogens is 1. The molecular formula is C14H17ClN4O3S. The van der Waals surface area contributed by atoms with E-state index in [2.05, 4.69) is 10.1 Å². The van der Waals surface area contributed by atoms with Gasteiger partial charge < -0.3 is 15.2 Å². The van der Waals surface area contributed by atoms with Crippen LogP contribution in [-0.2, 0) is 10.0 Å². The van der Waals surface area contributed by atoms with Crippen LogP contribution in [0.1, 0.15) is 5.76 Å². The number of hydrogen-bond acceptors (Lipinski definition) is 6. The van der Waals surface area contributed by atoms with Crippen LogP contribution in [0.25, 0.3) is 0 Å². The zero-order valence-corrected chi connectivity index (χ0v) is 14.1. The van der Waals surface area contributed by atoms with E-state index in [1.807, 2.05) is 24.3 Å². The first-order valence-electron chi connectivity index (χ1n) is 7.12. The Morgan fingerprint density at radius 2 is 1.96 bits per heavy atom. The zero-order chi connectivity index (χ0) is 16.6. The van der Waals surface area contributed by atoms with Gasteiger partial charge in [-0.05, 0) is 25.1 Å². The Balaban J connectivity index is 1.76. The maximum absolute atomic E-state index is 12.7. The van der Waals surface area contributed by atoms with Gasteiger partial charge in [0.05, 0.1) is 0 Å². The molecule has 0 amide bonds. The van der Waals surface area contributed by atoms with Crippen molar-refractivity contribution in [1.82, 2.24) is 9.46 Å². The third-order valence-corrected chi connectivity index (χ3v) is 6.14. The molecule has 0 aliphatic carbocycles. The summed E-state index contributed by atoms with van der Waals surface area (Å²) in [5.41, 5.74) is 6.62. The van der Waals surface area contributed by atoms with Gasteiger partial charge in [0.25, 0.3) is 0 Å². The number of sulfonamides is 1. The summed E-state index contributed by atoms with van der Waals surface area (Å²) in [6.45, 7) is 3.41. The van der Waals surface area contributed by atoms with Gasteiger partial charge >= 0.3 is 0 Å². The van der Waals surface area contributed by atoms with Gasteiger partial charge in [-0.15, -0.1) is 0 Å². The highest BCUT2D eigenvalue weighted by Gasteiger charge is 2.33. The number of aromatic nitrogens is 1. The molecule has 23 heavy (non-hydrogen) atoms. The Bertz CT molecular complexity index is 794. The number of hydrogen-bond donors (Lipinski definition) is 1. The minimum absolute atomic E-state index is 0.0336. The minimum atomic E-state index is -3.69. The summed E-state index contributed by atoms with van der Waals surface area (Å²) in [6, 6.07) is 7.51. The summed E-state index contributed by atoms with van der Waals surface area (Å²) in [6.07, 6.45) is 0. The molecule has 0 radical (unpaired) electrons. The minimum Gasteiger partial charge on any atom is -0.380 e. The van der Waals surface area contributed by atoms with Crippen LogP contribution >= 0.6 is 11.6 Å². The maximum Gasteiger partial charge on any atom is 0.250 e. The van der Waals surface area contributed by atoms with E-state index < -0.39 is 10.0 Å². The lowest BCUT2D eigenvalue weighted by molar-refractivity contribution is 0.379. The van der Waals surface area contributed by atoms with Crippen LogP contribution in [-0.4, -0.2) is 44.1 Å². The second-order valence-electron chi connectivity index (χ2n) is 5.32. The summed E-state index contributed by atoms with van der Waals surface area (Å²) < 4.78 is 31.7. The number of nitrogens with zero attached hydrogens (tertiary/aromatic N) is 3. The second-order valence-corrected chi connectivity index (χ2v) is 7.64. The first-order chi connectivity index (χ1) is 10.9. The Hall–Kier alpha value is -1.77. The van der Waals surface area contributed by atoms with E-state index in [0.29, 0.717) is 31.2 Å². The summed E-state index contributed by atoms with van der Waals surface area (Å²) in [7, 11) is -3.69. The van der Waals surface area contributed by atoms with Crippen LogP contribution in [0, 0.1) is 6.92 Å². The molecule has 0 spiro atoms. The van der Waals surface area contributed by atoms with Crippen LogP contribution < -0.4 is 10.6 Å². The molecule has 1 fully saturated rings. The fourth-order valence-corrected chi connectivity index (χ4v) is 4.47. The van der Waals surface area contributed by atoms with Gasteiger partial charge in [0.2, 0.25) is 10.0 Å². The average molecular weight is 357 g/mol. The monoisotopic (exact) mass is 356 g/mol. The third-order valence-electron chi connectivity index (χ3n) is 3.84. The van der Waals surface area contributed by atoms with Crippen molar-refractivity contribution >= 4 is 33.1 Å². The molecule has 124 valence electrons. The van der Waals surface area contributed by atoms with Crippen LogP contribution in [0.5, 0.6) is 0 Å². The van der Waals surface area contributed by atoms with Gasteiger partial charge in [0, 0.05) is 36.9 Å². The van der Waals surface area contributed by atoms with Crippen molar-refractivity contribution in [1.29, 1.82) is 0 Å². The van der Waals surface area contributed by atoms with E-state index in [0.717, 1.165) is 5.69 Å². The number of rotatable bonds is 3. The first kappa shape index (κ1) is 16.1. The molecule has 0 saturated carbocycles. The fourth-order valence-electron chi connectivity index (χ4n) is 2.68. The molecule has 1 saturated heterocycles. The van der Waals surface area contributed by atoms with Crippen LogP contribution in [0.4, 0.5) is 11.5 Å². The molecule has 0 unspecified atom stereocenters. The zero-order valence-electron chi connectivity index (χ0n) is 12.6. The third kappa shape index (κ3) is 3.01. The van der Waals surface area contributed by atoms with E-state index in [-0.39, 0.29) is 16.5 Å². The van der Waals surface area contributed by atoms with Crippen molar-refractivity contribution < 1.29 is 12.9 Å². The van der Waals surface area contributed by atoms with Gasteiger partial charge in [-0.1, -0.05) is 22.8 Å². The molecule has 2 heterocycles. The van der Waals surface area contributed by atoms with Crippen molar-refractivity contribution in [3.63, 3.8) is 0 Å². The Labute approximate surface area is 139 Å². The Morgan fingerprint density at radius 3 is 2.52 bits per heavy atom. The summed E-state index contributed by atoms with van der Waals surface area (Å²) in [5.74, 6) is 0.111. The molecule has 9 heteroatoms. The normalized spacial score (nSPS) is 16.7. The predicted octanol–water partition coefficient (Wildman–Crippen LogP) is 1.73. The highest BCUT2D eigenvalue weighted by atomic mass is 35.5. The van der Waals surface area contributed by atoms with Gasteiger partial charge in [-0.25, -0.2) is 8.42 Å². The highest BCUT2D eigenvalue weighted by Crippen LogP contribution is 2.27. The lowest BCUT2D eigenvalue weighted by Gasteiger charge is -2.35. The number of piperazine rings is 1. The second kappa shape index (κ2) is 6.03. The maximum atomic E-state index is 12.7. The number of aryl methyl sites for hydroxylation is 1. The molecule has 1 aliphatic heterocycles. The van der Waals surface area contributed by atoms with E-state index in [9.17, 15) is 8.42 Å². The van der Waals surface area contributed by atoms with Crippen LogP contribution in [0.15, 0.2) is 33.7 Å². The Kier molecular flexibility index (Phi) is 4.22. The lowest BCUT2D eigenvalue weighted by atomic mass is 10.2. The Morgan fingerprint density at radius 1 is 1.26 bits per heavy atom. The topological polar surface area (TPSA) is 92.7 Å². The SMILES string of the molecule is Cc1onc(N)c1S(=O)(=O)N1CCN(c2cccc(Cl)c2)CC1. The van der Waals surface area contributed by atoms with Crippen molar-refractivity contribution in [3.05, 3.63) is 35.0 Å². The number of benzene rings is 1. The standard InChI is InChI=1S/C14H17ClN4O3S/c1-10-13(14(16)17-22-10)23(20,21)19-7-5-18(6-8-19)12-4-2-3-11(15)9-12/h2-4,9H,5-8H2,1H3,(H2,16,17). The van der Waals surface area contributed by atoms with Crippen LogP contribution in [0.2, 0.25) is 5.02 Å². The van der Waals surface area contributed by atoms with Gasteiger partial charge in [0.15, 0.2) is 16.5 Å². The van der Waals surface area contributed by atoms with Crippen molar-refractivity contribution in [2.24, 2.45) is 0 Å². The van der Waals surface area contributed by atoms with E-state index >= 15 is 0 Å². The molecule has 2 N–H and O–H groups in total. The van der Waals surface area contributed by atoms with Gasteiger partial charge in [-0.3, -0.25) is 0 Å². The molecule has 1 aromatic carbocycles. The lowest BCUT2D eigenvalue weighted by Crippen LogP contribution is -2.48. The highest BCUT2D eigenvalue weighted by molar-refractivity contribution is 7.89. The van der Waals surface area contributed by atoms with E-state index in [1.54, 1.807) is 6.92 Å². The number of nitrogen functional groups attached to an aromatic ring is 1. The van der Waals surface area contributed by atoms with Crippen LogP contribution in [0.3, 0.4) is 0 Å². The molecule has 1 aromatic heterocycles. The predicted molar refractivity (Wildman–Crippen MR) is 88.1 cm³/mol.